The molecule has 5 nitrogen and oxygen atoms in total. The van der Waals surface area contributed by atoms with Crippen molar-refractivity contribution in [2.45, 2.75) is 33.1 Å². The van der Waals surface area contributed by atoms with E-state index in [0.29, 0.717) is 12.4 Å². The third-order valence-electron chi connectivity index (χ3n) is 1.79. The minimum Gasteiger partial charge on any atom is -0.417 e. The Bertz CT molecular complexity index is 296. The van der Waals surface area contributed by atoms with E-state index in [1.807, 2.05) is 0 Å². The molecule has 0 bridgehead atoms. The number of carbonyl (C=O) groups is 1. The van der Waals surface area contributed by atoms with Crippen molar-refractivity contribution >= 4 is 5.91 Å². The van der Waals surface area contributed by atoms with Gasteiger partial charge in [-0.1, -0.05) is 19.8 Å². The van der Waals surface area contributed by atoms with Gasteiger partial charge in [-0.25, -0.2) is 0 Å². The lowest BCUT2D eigenvalue weighted by Gasteiger charge is -1.99. The average Bonchev–Trinajstić information content (AvgIpc) is 2.59. The Morgan fingerprint density at radius 2 is 2.21 bits per heavy atom. The summed E-state index contributed by atoms with van der Waals surface area (Å²) in [6.45, 7) is 4.43. The highest BCUT2D eigenvalue weighted by Gasteiger charge is 2.11. The lowest BCUT2D eigenvalue weighted by atomic mass is 10.2. The van der Waals surface area contributed by atoms with Gasteiger partial charge in [0.2, 0.25) is 5.89 Å². The molecule has 0 atom stereocenters. The van der Waals surface area contributed by atoms with Crippen molar-refractivity contribution in [2.75, 3.05) is 6.54 Å². The van der Waals surface area contributed by atoms with E-state index in [2.05, 4.69) is 22.4 Å². The van der Waals surface area contributed by atoms with Gasteiger partial charge in [-0.3, -0.25) is 4.79 Å². The highest BCUT2D eigenvalue weighted by Crippen LogP contribution is 1.97. The van der Waals surface area contributed by atoms with Crippen molar-refractivity contribution in [2.24, 2.45) is 0 Å². The zero-order chi connectivity index (χ0) is 10.4. The molecular weight excluding hydrogens is 182 g/mol. The van der Waals surface area contributed by atoms with E-state index in [0.717, 1.165) is 19.3 Å². The molecule has 0 spiro atoms. The first kappa shape index (κ1) is 10.7. The topological polar surface area (TPSA) is 68.0 Å². The third kappa shape index (κ3) is 3.16. The van der Waals surface area contributed by atoms with Crippen molar-refractivity contribution in [3.05, 3.63) is 11.8 Å². The maximum absolute atomic E-state index is 11.3. The number of hydrogen-bond acceptors (Lipinski definition) is 4. The number of unbranched alkanes of at least 4 members (excludes halogenated alkanes) is 2. The van der Waals surface area contributed by atoms with Crippen LogP contribution in [0.5, 0.6) is 0 Å². The van der Waals surface area contributed by atoms with E-state index < -0.39 is 0 Å². The summed E-state index contributed by atoms with van der Waals surface area (Å²) in [5.41, 5.74) is 0. The van der Waals surface area contributed by atoms with Gasteiger partial charge in [0.25, 0.3) is 0 Å². The van der Waals surface area contributed by atoms with Gasteiger partial charge >= 0.3 is 11.8 Å². The zero-order valence-electron chi connectivity index (χ0n) is 8.54. The first-order valence-electron chi connectivity index (χ1n) is 4.82. The number of carbonyl (C=O) groups excluding carboxylic acids is 1. The Labute approximate surface area is 82.9 Å². The number of hydrogen-bond donors (Lipinski definition) is 1. The van der Waals surface area contributed by atoms with Crippen LogP contribution in [0, 0.1) is 6.92 Å². The number of aromatic nitrogens is 2. The fourth-order valence-corrected chi connectivity index (χ4v) is 1.04. The van der Waals surface area contributed by atoms with Crippen LogP contribution in [0.15, 0.2) is 4.42 Å². The predicted octanol–water partition coefficient (Wildman–Crippen LogP) is 1.30. The number of aryl methyl sites for hydroxylation is 1. The number of amides is 1. The molecule has 14 heavy (non-hydrogen) atoms. The monoisotopic (exact) mass is 197 g/mol. The summed E-state index contributed by atoms with van der Waals surface area (Å²) < 4.78 is 4.97. The molecule has 0 aliphatic heterocycles. The maximum atomic E-state index is 11.3. The zero-order valence-corrected chi connectivity index (χ0v) is 8.54. The highest BCUT2D eigenvalue weighted by molar-refractivity contribution is 5.89. The molecule has 0 unspecified atom stereocenters. The molecule has 1 aromatic rings. The van der Waals surface area contributed by atoms with Crippen molar-refractivity contribution in [1.29, 1.82) is 0 Å². The molecule has 0 aliphatic rings. The van der Waals surface area contributed by atoms with Crippen LogP contribution >= 0.6 is 0 Å². The maximum Gasteiger partial charge on any atom is 0.308 e. The van der Waals surface area contributed by atoms with Gasteiger partial charge in [0.1, 0.15) is 0 Å². The molecule has 5 heteroatoms. The van der Waals surface area contributed by atoms with Gasteiger partial charge in [0, 0.05) is 13.5 Å². The fourth-order valence-electron chi connectivity index (χ4n) is 1.04. The summed E-state index contributed by atoms with van der Waals surface area (Å²) in [4.78, 5) is 11.3. The Hall–Kier alpha value is -1.39. The van der Waals surface area contributed by atoms with Crippen LogP contribution in [0.4, 0.5) is 0 Å². The highest BCUT2D eigenvalue weighted by atomic mass is 16.4. The molecule has 1 rings (SSSR count). The van der Waals surface area contributed by atoms with Crippen molar-refractivity contribution in [3.8, 4) is 0 Å². The number of nitrogens with one attached hydrogen (secondary N) is 1. The van der Waals surface area contributed by atoms with Gasteiger partial charge in [-0.15, -0.1) is 10.2 Å². The first-order valence-corrected chi connectivity index (χ1v) is 4.82. The molecule has 1 aromatic heterocycles. The summed E-state index contributed by atoms with van der Waals surface area (Å²) in [5, 5.41) is 9.90. The normalized spacial score (nSPS) is 10.1. The van der Waals surface area contributed by atoms with Gasteiger partial charge in [0.05, 0.1) is 0 Å². The standard InChI is InChI=1S/C9H15N3O2/c1-3-4-5-6-10-8(13)9-12-11-7(2)14-9/h3-6H2,1-2H3,(H,10,13). The van der Waals surface area contributed by atoms with Crippen LogP contribution in [-0.2, 0) is 0 Å². The quantitative estimate of drug-likeness (QED) is 0.722. The van der Waals surface area contributed by atoms with E-state index in [9.17, 15) is 4.79 Å². The smallest absolute Gasteiger partial charge is 0.308 e. The summed E-state index contributed by atoms with van der Waals surface area (Å²) >= 11 is 0. The first-order chi connectivity index (χ1) is 6.74. The van der Waals surface area contributed by atoms with Crippen molar-refractivity contribution in [3.63, 3.8) is 0 Å². The van der Waals surface area contributed by atoms with E-state index in [1.165, 1.54) is 0 Å². The number of nitrogens with zero attached hydrogens (tertiary/aromatic N) is 2. The van der Waals surface area contributed by atoms with Crippen molar-refractivity contribution in [1.82, 2.24) is 15.5 Å². The Morgan fingerprint density at radius 1 is 1.43 bits per heavy atom. The van der Waals surface area contributed by atoms with E-state index in [-0.39, 0.29) is 11.8 Å². The van der Waals surface area contributed by atoms with Crippen molar-refractivity contribution < 1.29 is 9.21 Å². The molecular formula is C9H15N3O2. The van der Waals surface area contributed by atoms with Crippen LogP contribution in [0.1, 0.15) is 42.8 Å². The molecule has 78 valence electrons. The Balaban J connectivity index is 2.29. The van der Waals surface area contributed by atoms with Gasteiger partial charge in [0.15, 0.2) is 0 Å². The van der Waals surface area contributed by atoms with Crippen LogP contribution in [0.2, 0.25) is 0 Å². The minimum atomic E-state index is -0.290. The van der Waals surface area contributed by atoms with Crippen LogP contribution in [0.25, 0.3) is 0 Å². The molecule has 0 radical (unpaired) electrons. The lowest BCUT2D eigenvalue weighted by Crippen LogP contribution is -2.24. The predicted molar refractivity (Wildman–Crippen MR) is 50.9 cm³/mol. The largest absolute Gasteiger partial charge is 0.417 e. The second-order valence-electron chi connectivity index (χ2n) is 3.09. The molecule has 1 heterocycles. The molecule has 1 amide bonds. The average molecular weight is 197 g/mol. The molecule has 0 fully saturated rings. The summed E-state index contributed by atoms with van der Waals surface area (Å²) in [5.74, 6) is 0.157. The number of rotatable bonds is 5. The van der Waals surface area contributed by atoms with Crippen LogP contribution in [0.3, 0.4) is 0 Å². The van der Waals surface area contributed by atoms with E-state index in [4.69, 9.17) is 4.42 Å². The molecule has 0 saturated heterocycles. The van der Waals surface area contributed by atoms with Crippen LogP contribution < -0.4 is 5.32 Å². The molecule has 1 N–H and O–H groups in total. The Kier molecular flexibility index (Phi) is 4.10. The van der Waals surface area contributed by atoms with Crippen LogP contribution in [-0.4, -0.2) is 22.6 Å². The molecule has 0 saturated carbocycles. The van der Waals surface area contributed by atoms with Gasteiger partial charge in [-0.2, -0.15) is 0 Å². The minimum absolute atomic E-state index is 0.0407. The Morgan fingerprint density at radius 3 is 2.79 bits per heavy atom. The summed E-state index contributed by atoms with van der Waals surface area (Å²) in [7, 11) is 0. The van der Waals surface area contributed by atoms with Gasteiger partial charge in [-0.05, 0) is 6.42 Å². The summed E-state index contributed by atoms with van der Waals surface area (Å²) in [6, 6.07) is 0. The summed E-state index contributed by atoms with van der Waals surface area (Å²) in [6.07, 6.45) is 3.23. The fraction of sp³-hybridized carbons (Fsp3) is 0.667. The molecule has 0 aliphatic carbocycles. The van der Waals surface area contributed by atoms with E-state index in [1.54, 1.807) is 6.92 Å². The third-order valence-corrected chi connectivity index (χ3v) is 1.79. The molecule has 0 aromatic carbocycles. The SMILES string of the molecule is CCCCCNC(=O)c1nnc(C)o1. The van der Waals surface area contributed by atoms with E-state index >= 15 is 0 Å². The second-order valence-corrected chi connectivity index (χ2v) is 3.09. The second kappa shape index (κ2) is 5.36. The van der Waals surface area contributed by atoms with Gasteiger partial charge < -0.3 is 9.73 Å². The lowest BCUT2D eigenvalue weighted by molar-refractivity contribution is 0.0917.